The van der Waals surface area contributed by atoms with Gasteiger partial charge in [0.2, 0.25) is 0 Å². The molecule has 1 heterocycles. The van der Waals surface area contributed by atoms with Gasteiger partial charge in [-0.15, -0.1) is 0 Å². The molecule has 34 heavy (non-hydrogen) atoms. The zero-order valence-electron chi connectivity index (χ0n) is 19.6. The third-order valence-electron chi connectivity index (χ3n) is 6.35. The molecule has 0 aromatic heterocycles. The summed E-state index contributed by atoms with van der Waals surface area (Å²) in [6.07, 6.45) is 0.559. The molecule has 0 amide bonds. The first kappa shape index (κ1) is 25.4. The standard InChI is InChI=1S/C24H27ClN2O7/c1-6-12(3)34-24(30)19-13(4)26-16-9-11(2)18(23(29)33-5)22(28)21(16)20(19)14-7-8-15(25)17(10-14)27(31)32/h7-8,10-12,18,20,26H,6,9H2,1-5H3/t11-,12+,18-,20+/m0/s1. The van der Waals surface area contributed by atoms with Crippen molar-refractivity contribution < 1.29 is 28.8 Å². The molecule has 0 spiro atoms. The maximum atomic E-state index is 13.7. The first-order valence-electron chi connectivity index (χ1n) is 11.0. The molecule has 0 saturated heterocycles. The number of nitrogens with one attached hydrogen (secondary N) is 1. The zero-order valence-corrected chi connectivity index (χ0v) is 20.4. The van der Waals surface area contributed by atoms with Gasteiger partial charge in [-0.1, -0.05) is 31.5 Å². The van der Waals surface area contributed by atoms with E-state index in [0.717, 1.165) is 0 Å². The number of rotatable bonds is 6. The summed E-state index contributed by atoms with van der Waals surface area (Å²) in [5.41, 5.74) is 1.37. The second kappa shape index (κ2) is 9.97. The van der Waals surface area contributed by atoms with E-state index in [9.17, 15) is 24.5 Å². The van der Waals surface area contributed by atoms with Gasteiger partial charge in [0.25, 0.3) is 5.69 Å². The number of Topliss-reactive ketones (excluding diaryl/α,β-unsaturated/α-hetero) is 1. The average molecular weight is 491 g/mol. The second-order valence-corrected chi connectivity index (χ2v) is 9.03. The van der Waals surface area contributed by atoms with Crippen molar-refractivity contribution in [3.8, 4) is 0 Å². The number of hydrogen-bond acceptors (Lipinski definition) is 8. The molecular weight excluding hydrogens is 464 g/mol. The fraction of sp³-hybridized carbons (Fsp3) is 0.458. The van der Waals surface area contributed by atoms with Crippen LogP contribution in [0.15, 0.2) is 40.7 Å². The van der Waals surface area contributed by atoms with Crippen molar-refractivity contribution in [2.24, 2.45) is 11.8 Å². The number of benzene rings is 1. The predicted octanol–water partition coefficient (Wildman–Crippen LogP) is 4.20. The Morgan fingerprint density at radius 3 is 2.62 bits per heavy atom. The summed E-state index contributed by atoms with van der Waals surface area (Å²) < 4.78 is 10.4. The lowest BCUT2D eigenvalue weighted by molar-refractivity contribution is -0.384. The molecule has 0 saturated carbocycles. The monoisotopic (exact) mass is 490 g/mol. The highest BCUT2D eigenvalue weighted by atomic mass is 35.5. The molecule has 1 aliphatic heterocycles. The van der Waals surface area contributed by atoms with Crippen LogP contribution in [-0.4, -0.2) is 35.9 Å². The van der Waals surface area contributed by atoms with E-state index in [-0.39, 0.29) is 33.9 Å². The van der Waals surface area contributed by atoms with Crippen LogP contribution in [0.25, 0.3) is 0 Å². The van der Waals surface area contributed by atoms with Gasteiger partial charge in [0.05, 0.1) is 23.7 Å². The van der Waals surface area contributed by atoms with E-state index >= 15 is 0 Å². The molecule has 1 aromatic rings. The van der Waals surface area contributed by atoms with Crippen LogP contribution in [0.5, 0.6) is 0 Å². The van der Waals surface area contributed by atoms with Crippen molar-refractivity contribution >= 4 is 35.0 Å². The Kier molecular flexibility index (Phi) is 7.45. The Balaban J connectivity index is 2.23. The Labute approximate surface area is 202 Å². The summed E-state index contributed by atoms with van der Waals surface area (Å²) in [4.78, 5) is 50.3. The normalized spacial score (nSPS) is 23.1. The summed E-state index contributed by atoms with van der Waals surface area (Å²) in [5.74, 6) is -4.17. The minimum absolute atomic E-state index is 0.0719. The number of nitro groups is 1. The van der Waals surface area contributed by atoms with Crippen LogP contribution in [0.2, 0.25) is 5.02 Å². The van der Waals surface area contributed by atoms with Crippen molar-refractivity contribution in [3.05, 3.63) is 61.4 Å². The lowest BCUT2D eigenvalue weighted by Crippen LogP contribution is -2.43. The zero-order chi connectivity index (χ0) is 25.3. The van der Waals surface area contributed by atoms with Crippen molar-refractivity contribution in [2.45, 2.75) is 52.6 Å². The molecule has 1 aliphatic carbocycles. The highest BCUT2D eigenvalue weighted by Crippen LogP contribution is 2.46. The van der Waals surface area contributed by atoms with Crippen LogP contribution in [0, 0.1) is 22.0 Å². The van der Waals surface area contributed by atoms with Crippen molar-refractivity contribution in [2.75, 3.05) is 7.11 Å². The van der Waals surface area contributed by atoms with Gasteiger partial charge >= 0.3 is 11.9 Å². The summed E-state index contributed by atoms with van der Waals surface area (Å²) in [5, 5.41) is 14.6. The molecule has 3 rings (SSSR count). The molecule has 0 unspecified atom stereocenters. The maximum absolute atomic E-state index is 13.7. The number of esters is 2. The van der Waals surface area contributed by atoms with Gasteiger partial charge < -0.3 is 14.8 Å². The minimum Gasteiger partial charge on any atom is -0.468 e. The Hall–Kier alpha value is -3.20. The molecule has 4 atom stereocenters. The molecule has 1 N–H and O–H groups in total. The third-order valence-corrected chi connectivity index (χ3v) is 6.67. The topological polar surface area (TPSA) is 125 Å². The number of carbonyl (C=O) groups is 3. The van der Waals surface area contributed by atoms with E-state index in [0.29, 0.717) is 29.8 Å². The van der Waals surface area contributed by atoms with E-state index in [1.807, 2.05) is 6.92 Å². The van der Waals surface area contributed by atoms with Crippen LogP contribution >= 0.6 is 11.6 Å². The van der Waals surface area contributed by atoms with Crippen LogP contribution in [0.4, 0.5) is 5.69 Å². The average Bonchev–Trinajstić information content (AvgIpc) is 2.77. The molecule has 1 aromatic carbocycles. The SMILES string of the molecule is CC[C@@H](C)OC(=O)C1=C(C)NC2=C(C(=O)[C@@H](C(=O)OC)[C@@H](C)C2)[C@@H]1c1ccc(Cl)c([N+](=O)[O-])c1. The van der Waals surface area contributed by atoms with Crippen molar-refractivity contribution in [3.63, 3.8) is 0 Å². The number of allylic oxidation sites excluding steroid dienone is 3. The summed E-state index contributed by atoms with van der Waals surface area (Å²) in [6.45, 7) is 7.08. The first-order valence-corrected chi connectivity index (χ1v) is 11.4. The maximum Gasteiger partial charge on any atom is 0.337 e. The van der Waals surface area contributed by atoms with E-state index in [2.05, 4.69) is 5.32 Å². The van der Waals surface area contributed by atoms with Gasteiger partial charge in [-0.3, -0.25) is 19.7 Å². The molecule has 2 aliphatic rings. The molecule has 9 nitrogen and oxygen atoms in total. The molecular formula is C24H27ClN2O7. The number of methoxy groups -OCH3 is 1. The summed E-state index contributed by atoms with van der Waals surface area (Å²) in [7, 11) is 1.21. The number of dihydropyridines is 1. The molecule has 10 heteroatoms. The van der Waals surface area contributed by atoms with E-state index in [1.54, 1.807) is 20.8 Å². The molecule has 0 radical (unpaired) electrons. The Morgan fingerprint density at radius 2 is 2.03 bits per heavy atom. The Morgan fingerprint density at radius 1 is 1.35 bits per heavy atom. The smallest absolute Gasteiger partial charge is 0.337 e. The number of ketones is 1. The summed E-state index contributed by atoms with van der Waals surface area (Å²) >= 11 is 6.02. The number of halogens is 1. The van der Waals surface area contributed by atoms with Crippen LogP contribution in [-0.2, 0) is 23.9 Å². The Bertz CT molecular complexity index is 1120. The van der Waals surface area contributed by atoms with Crippen molar-refractivity contribution in [1.29, 1.82) is 0 Å². The predicted molar refractivity (Wildman–Crippen MR) is 124 cm³/mol. The first-order chi connectivity index (χ1) is 16.0. The fourth-order valence-electron chi connectivity index (χ4n) is 4.46. The van der Waals surface area contributed by atoms with E-state index < -0.39 is 34.5 Å². The number of hydrogen-bond donors (Lipinski definition) is 1. The van der Waals surface area contributed by atoms with Gasteiger partial charge in [0.1, 0.15) is 10.9 Å². The van der Waals surface area contributed by atoms with Gasteiger partial charge in [-0.25, -0.2) is 4.79 Å². The summed E-state index contributed by atoms with van der Waals surface area (Å²) in [6, 6.07) is 4.15. The van der Waals surface area contributed by atoms with Crippen LogP contribution < -0.4 is 5.32 Å². The van der Waals surface area contributed by atoms with E-state index in [4.69, 9.17) is 21.1 Å². The van der Waals surface area contributed by atoms with Crippen molar-refractivity contribution in [1.82, 2.24) is 5.32 Å². The minimum atomic E-state index is -1.06. The number of carbonyl (C=O) groups excluding carboxylic acids is 3. The van der Waals surface area contributed by atoms with Crippen LogP contribution in [0.1, 0.15) is 52.0 Å². The van der Waals surface area contributed by atoms with Gasteiger partial charge in [-0.2, -0.15) is 0 Å². The molecule has 182 valence electrons. The quantitative estimate of drug-likeness (QED) is 0.272. The highest BCUT2D eigenvalue weighted by molar-refractivity contribution is 6.32. The number of nitrogens with zero attached hydrogens (tertiary/aromatic N) is 1. The van der Waals surface area contributed by atoms with Gasteiger partial charge in [-0.05, 0) is 44.2 Å². The lowest BCUT2D eigenvalue weighted by atomic mass is 9.69. The fourth-order valence-corrected chi connectivity index (χ4v) is 4.65. The third kappa shape index (κ3) is 4.57. The second-order valence-electron chi connectivity index (χ2n) is 8.63. The molecule has 0 bridgehead atoms. The highest BCUT2D eigenvalue weighted by Gasteiger charge is 2.47. The largest absolute Gasteiger partial charge is 0.468 e. The van der Waals surface area contributed by atoms with E-state index in [1.165, 1.54) is 25.3 Å². The van der Waals surface area contributed by atoms with Gasteiger partial charge in [0.15, 0.2) is 5.78 Å². The lowest BCUT2D eigenvalue weighted by Gasteiger charge is -2.38. The molecule has 0 fully saturated rings. The van der Waals surface area contributed by atoms with Gasteiger partial charge in [0, 0.05) is 29.0 Å². The number of nitro benzene ring substituents is 1. The van der Waals surface area contributed by atoms with Crippen LogP contribution in [0.3, 0.4) is 0 Å². The number of ether oxygens (including phenoxy) is 2.